The predicted octanol–water partition coefficient (Wildman–Crippen LogP) is 4.89. The number of halogens is 3. The third kappa shape index (κ3) is 4.88. The van der Waals surface area contributed by atoms with Gasteiger partial charge < -0.3 is 15.0 Å². The summed E-state index contributed by atoms with van der Waals surface area (Å²) in [5, 5.41) is 6.84. The molecule has 1 N–H and O–H groups in total. The van der Waals surface area contributed by atoms with E-state index in [1.54, 1.807) is 4.90 Å². The predicted molar refractivity (Wildman–Crippen MR) is 109 cm³/mol. The number of amides is 2. The van der Waals surface area contributed by atoms with Gasteiger partial charge in [-0.05, 0) is 30.7 Å². The van der Waals surface area contributed by atoms with E-state index in [0.29, 0.717) is 18.8 Å². The molecule has 0 unspecified atom stereocenters. The number of benzene rings is 2. The zero-order valence-corrected chi connectivity index (χ0v) is 16.7. The standard InChI is InChI=1S/C22H21F3N4O2/c1-15-12-28(14-20(31-15)16-6-3-2-4-7-16)21(30)27-18-11-26-29(13-18)19-9-5-8-17(10-19)22(23,24)25/h2-11,13,15,20H,12,14H2,1H3,(H,27,30)/t15-,20+/m0/s1. The molecule has 0 spiro atoms. The molecular formula is C22H21F3N4O2. The van der Waals surface area contributed by atoms with Crippen molar-refractivity contribution < 1.29 is 22.7 Å². The molecule has 162 valence electrons. The van der Waals surface area contributed by atoms with E-state index in [1.807, 2.05) is 37.3 Å². The summed E-state index contributed by atoms with van der Waals surface area (Å²) < 4.78 is 46.1. The van der Waals surface area contributed by atoms with Crippen LogP contribution < -0.4 is 5.32 Å². The van der Waals surface area contributed by atoms with E-state index in [0.717, 1.165) is 17.7 Å². The molecule has 2 atom stereocenters. The van der Waals surface area contributed by atoms with Gasteiger partial charge in [-0.2, -0.15) is 18.3 Å². The molecule has 4 rings (SSSR count). The first-order valence-electron chi connectivity index (χ1n) is 9.78. The minimum Gasteiger partial charge on any atom is -0.367 e. The van der Waals surface area contributed by atoms with Crippen LogP contribution >= 0.6 is 0 Å². The van der Waals surface area contributed by atoms with Crippen LogP contribution in [0.25, 0.3) is 5.69 Å². The average Bonchev–Trinajstić information content (AvgIpc) is 3.22. The summed E-state index contributed by atoms with van der Waals surface area (Å²) in [7, 11) is 0. The van der Waals surface area contributed by atoms with E-state index < -0.39 is 11.7 Å². The summed E-state index contributed by atoms with van der Waals surface area (Å²) in [4.78, 5) is 14.5. The molecule has 2 heterocycles. The van der Waals surface area contributed by atoms with Gasteiger partial charge in [0, 0.05) is 6.54 Å². The van der Waals surface area contributed by atoms with Crippen molar-refractivity contribution in [1.29, 1.82) is 0 Å². The van der Waals surface area contributed by atoms with Crippen LogP contribution in [0.4, 0.5) is 23.7 Å². The lowest BCUT2D eigenvalue weighted by atomic mass is 10.1. The first kappa shape index (κ1) is 20.9. The number of anilines is 1. The number of aromatic nitrogens is 2. The second kappa shape index (κ2) is 8.43. The van der Waals surface area contributed by atoms with Crippen LogP contribution in [0.15, 0.2) is 67.0 Å². The summed E-state index contributed by atoms with van der Waals surface area (Å²) in [6, 6.07) is 14.2. The molecule has 0 bridgehead atoms. The Hall–Kier alpha value is -3.33. The molecule has 1 aliphatic rings. The Morgan fingerprint density at radius 3 is 2.65 bits per heavy atom. The highest BCUT2D eigenvalue weighted by molar-refractivity contribution is 5.89. The number of hydrogen-bond acceptors (Lipinski definition) is 3. The average molecular weight is 430 g/mol. The Bertz CT molecular complexity index is 1050. The van der Waals surface area contributed by atoms with E-state index in [1.165, 1.54) is 29.2 Å². The van der Waals surface area contributed by atoms with Crippen LogP contribution in [0.3, 0.4) is 0 Å². The van der Waals surface area contributed by atoms with E-state index in [9.17, 15) is 18.0 Å². The van der Waals surface area contributed by atoms with Crippen molar-refractivity contribution in [3.8, 4) is 5.69 Å². The number of carbonyl (C=O) groups excluding carboxylic acids is 1. The number of rotatable bonds is 3. The van der Waals surface area contributed by atoms with Gasteiger partial charge >= 0.3 is 12.2 Å². The van der Waals surface area contributed by atoms with Crippen LogP contribution in [-0.2, 0) is 10.9 Å². The Morgan fingerprint density at radius 1 is 1.13 bits per heavy atom. The molecule has 1 aromatic heterocycles. The van der Waals surface area contributed by atoms with Gasteiger partial charge in [0.2, 0.25) is 0 Å². The van der Waals surface area contributed by atoms with Crippen LogP contribution in [0.1, 0.15) is 24.2 Å². The molecule has 2 amide bonds. The Labute approximate surface area is 177 Å². The maximum absolute atomic E-state index is 13.0. The van der Waals surface area contributed by atoms with Crippen molar-refractivity contribution >= 4 is 11.7 Å². The lowest BCUT2D eigenvalue weighted by molar-refractivity contribution is -0.137. The van der Waals surface area contributed by atoms with Gasteiger partial charge in [-0.1, -0.05) is 36.4 Å². The van der Waals surface area contributed by atoms with Crippen molar-refractivity contribution in [2.45, 2.75) is 25.3 Å². The second-order valence-corrected chi connectivity index (χ2v) is 7.40. The van der Waals surface area contributed by atoms with E-state index in [-0.39, 0.29) is 23.9 Å². The molecule has 1 fully saturated rings. The lowest BCUT2D eigenvalue weighted by Crippen LogP contribution is -2.47. The van der Waals surface area contributed by atoms with Gasteiger partial charge in [0.05, 0.1) is 42.0 Å². The summed E-state index contributed by atoms with van der Waals surface area (Å²) in [5.41, 5.74) is 0.863. The minimum absolute atomic E-state index is 0.141. The topological polar surface area (TPSA) is 59.4 Å². The van der Waals surface area contributed by atoms with E-state index >= 15 is 0 Å². The Balaban J connectivity index is 1.45. The Morgan fingerprint density at radius 2 is 1.90 bits per heavy atom. The summed E-state index contributed by atoms with van der Waals surface area (Å²) in [5.74, 6) is 0. The van der Waals surface area contributed by atoms with Crippen molar-refractivity contribution in [3.63, 3.8) is 0 Å². The third-order valence-corrected chi connectivity index (χ3v) is 4.99. The Kier molecular flexibility index (Phi) is 5.69. The molecule has 9 heteroatoms. The molecule has 1 saturated heterocycles. The highest BCUT2D eigenvalue weighted by atomic mass is 19.4. The first-order chi connectivity index (χ1) is 14.8. The number of nitrogens with zero attached hydrogens (tertiary/aromatic N) is 3. The highest BCUT2D eigenvalue weighted by Crippen LogP contribution is 2.30. The number of carbonyl (C=O) groups is 1. The number of hydrogen-bond donors (Lipinski definition) is 1. The summed E-state index contributed by atoms with van der Waals surface area (Å²) >= 11 is 0. The number of nitrogens with one attached hydrogen (secondary N) is 1. The zero-order chi connectivity index (χ0) is 22.0. The minimum atomic E-state index is -4.44. The zero-order valence-electron chi connectivity index (χ0n) is 16.7. The fourth-order valence-corrected chi connectivity index (χ4v) is 3.52. The van der Waals surface area contributed by atoms with Crippen molar-refractivity contribution in [3.05, 3.63) is 78.1 Å². The first-order valence-corrected chi connectivity index (χ1v) is 9.78. The van der Waals surface area contributed by atoms with Crippen LogP contribution in [0, 0.1) is 0 Å². The SMILES string of the molecule is C[C@H]1CN(C(=O)Nc2cnn(-c3cccc(C(F)(F)F)c3)c2)C[C@H](c2ccccc2)O1. The molecule has 6 nitrogen and oxygen atoms in total. The maximum atomic E-state index is 13.0. The monoisotopic (exact) mass is 430 g/mol. The van der Waals surface area contributed by atoms with Crippen LogP contribution in [0.2, 0.25) is 0 Å². The van der Waals surface area contributed by atoms with Gasteiger partial charge in [0.15, 0.2) is 0 Å². The van der Waals surface area contributed by atoms with Gasteiger partial charge in [-0.25, -0.2) is 9.48 Å². The second-order valence-electron chi connectivity index (χ2n) is 7.40. The van der Waals surface area contributed by atoms with Crippen molar-refractivity contribution in [1.82, 2.24) is 14.7 Å². The van der Waals surface area contributed by atoms with Crippen LogP contribution in [0.5, 0.6) is 0 Å². The van der Waals surface area contributed by atoms with Crippen molar-refractivity contribution in [2.24, 2.45) is 0 Å². The molecular weight excluding hydrogens is 409 g/mol. The largest absolute Gasteiger partial charge is 0.416 e. The van der Waals surface area contributed by atoms with Crippen molar-refractivity contribution in [2.75, 3.05) is 18.4 Å². The lowest BCUT2D eigenvalue weighted by Gasteiger charge is -2.36. The fourth-order valence-electron chi connectivity index (χ4n) is 3.52. The molecule has 0 radical (unpaired) electrons. The number of ether oxygens (including phenoxy) is 1. The number of morpholine rings is 1. The summed E-state index contributed by atoms with van der Waals surface area (Å²) in [6.07, 6.45) is -1.94. The molecule has 31 heavy (non-hydrogen) atoms. The van der Waals surface area contributed by atoms with Gasteiger partial charge in [0.25, 0.3) is 0 Å². The molecule has 2 aromatic carbocycles. The molecule has 0 aliphatic carbocycles. The smallest absolute Gasteiger partial charge is 0.367 e. The molecule has 3 aromatic rings. The highest BCUT2D eigenvalue weighted by Gasteiger charge is 2.31. The normalized spacial score (nSPS) is 19.3. The molecule has 0 saturated carbocycles. The molecule has 1 aliphatic heterocycles. The van der Waals surface area contributed by atoms with Crippen LogP contribution in [-0.4, -0.2) is 39.9 Å². The number of urea groups is 1. The maximum Gasteiger partial charge on any atom is 0.416 e. The summed E-state index contributed by atoms with van der Waals surface area (Å²) in [6.45, 7) is 2.72. The van der Waals surface area contributed by atoms with Gasteiger partial charge in [-0.15, -0.1) is 0 Å². The quantitative estimate of drug-likeness (QED) is 0.644. The third-order valence-electron chi connectivity index (χ3n) is 4.99. The van der Waals surface area contributed by atoms with Gasteiger partial charge in [0.1, 0.15) is 6.10 Å². The van der Waals surface area contributed by atoms with Gasteiger partial charge in [-0.3, -0.25) is 0 Å². The van der Waals surface area contributed by atoms with E-state index in [2.05, 4.69) is 10.4 Å². The fraction of sp³-hybridized carbons (Fsp3) is 0.273. The van der Waals surface area contributed by atoms with E-state index in [4.69, 9.17) is 4.74 Å². The number of alkyl halides is 3.